The smallest absolute Gasteiger partial charge is 0.238 e. The minimum absolute atomic E-state index is 0.118. The van der Waals surface area contributed by atoms with Gasteiger partial charge in [0.15, 0.2) is 0 Å². The van der Waals surface area contributed by atoms with Crippen molar-refractivity contribution in [2.24, 2.45) is 0 Å². The van der Waals surface area contributed by atoms with Crippen molar-refractivity contribution in [1.29, 1.82) is 5.26 Å². The number of fused-ring (bicyclic) bond motifs is 1. The van der Waals surface area contributed by atoms with E-state index >= 15 is 0 Å². The van der Waals surface area contributed by atoms with Crippen LogP contribution in [0.15, 0.2) is 0 Å². The maximum Gasteiger partial charge on any atom is 0.238 e. The van der Waals surface area contributed by atoms with Crippen molar-refractivity contribution in [1.82, 2.24) is 5.32 Å². The molecule has 1 aromatic heterocycles. The Hall–Kier alpha value is -1.42. The number of anilines is 1. The summed E-state index contributed by atoms with van der Waals surface area (Å²) in [6, 6.07) is 2.21. The summed E-state index contributed by atoms with van der Waals surface area (Å²) in [4.78, 5) is 13.0. The zero-order valence-electron chi connectivity index (χ0n) is 10.9. The van der Waals surface area contributed by atoms with E-state index in [0.29, 0.717) is 23.7 Å². The molecule has 1 aromatic rings. The number of hydrogen-bond acceptors (Lipinski definition) is 5. The van der Waals surface area contributed by atoms with Gasteiger partial charge >= 0.3 is 0 Å². The molecule has 1 aliphatic carbocycles. The van der Waals surface area contributed by atoms with Gasteiger partial charge in [-0.1, -0.05) is 0 Å². The third-order valence-corrected chi connectivity index (χ3v) is 4.26. The Morgan fingerprint density at radius 2 is 2.37 bits per heavy atom. The first-order valence-electron chi connectivity index (χ1n) is 6.30. The van der Waals surface area contributed by atoms with Crippen molar-refractivity contribution in [3.05, 3.63) is 16.0 Å². The fraction of sp³-hybridized carbons (Fsp3) is 0.538. The van der Waals surface area contributed by atoms with E-state index in [-0.39, 0.29) is 12.5 Å². The van der Waals surface area contributed by atoms with Crippen LogP contribution in [0.5, 0.6) is 0 Å². The maximum atomic E-state index is 11.8. The van der Waals surface area contributed by atoms with Gasteiger partial charge in [-0.3, -0.25) is 4.79 Å². The predicted molar refractivity (Wildman–Crippen MR) is 74.4 cm³/mol. The molecule has 0 radical (unpaired) electrons. The molecule has 102 valence electrons. The van der Waals surface area contributed by atoms with Crippen molar-refractivity contribution in [2.45, 2.75) is 19.3 Å². The molecule has 2 rings (SSSR count). The lowest BCUT2D eigenvalue weighted by molar-refractivity contribution is -0.115. The van der Waals surface area contributed by atoms with E-state index in [4.69, 9.17) is 4.74 Å². The van der Waals surface area contributed by atoms with Crippen LogP contribution in [0.3, 0.4) is 0 Å². The van der Waals surface area contributed by atoms with Gasteiger partial charge in [-0.25, -0.2) is 0 Å². The summed E-state index contributed by atoms with van der Waals surface area (Å²) < 4.78 is 4.88. The minimum atomic E-state index is -0.118. The van der Waals surface area contributed by atoms with Crippen molar-refractivity contribution in [2.75, 3.05) is 32.1 Å². The average Bonchev–Trinajstić information content (AvgIpc) is 2.94. The first-order chi connectivity index (χ1) is 9.26. The Balaban J connectivity index is 1.93. The van der Waals surface area contributed by atoms with Crippen LogP contribution in [0.25, 0.3) is 0 Å². The molecule has 0 aliphatic heterocycles. The van der Waals surface area contributed by atoms with Gasteiger partial charge in [0.2, 0.25) is 5.91 Å². The van der Waals surface area contributed by atoms with Gasteiger partial charge in [-0.2, -0.15) is 5.26 Å². The quantitative estimate of drug-likeness (QED) is 0.769. The number of ether oxygens (including phenoxy) is 1. The molecule has 5 nitrogen and oxygen atoms in total. The second-order valence-electron chi connectivity index (χ2n) is 4.39. The Bertz CT molecular complexity index is 505. The zero-order valence-corrected chi connectivity index (χ0v) is 11.7. The molecular weight excluding hydrogens is 262 g/mol. The highest BCUT2D eigenvalue weighted by atomic mass is 32.1. The molecular formula is C13H17N3O2S. The molecule has 1 heterocycles. The lowest BCUT2D eigenvalue weighted by atomic mass is 10.1. The fourth-order valence-electron chi connectivity index (χ4n) is 2.16. The van der Waals surface area contributed by atoms with Gasteiger partial charge in [0.05, 0.1) is 18.7 Å². The van der Waals surface area contributed by atoms with Crippen molar-refractivity contribution in [3.8, 4) is 6.07 Å². The highest BCUT2D eigenvalue weighted by molar-refractivity contribution is 7.16. The Labute approximate surface area is 116 Å². The molecule has 0 aromatic carbocycles. The summed E-state index contributed by atoms with van der Waals surface area (Å²) in [5.41, 5.74) is 1.79. The number of nitriles is 1. The number of aryl methyl sites for hydroxylation is 1. The highest BCUT2D eigenvalue weighted by Crippen LogP contribution is 2.38. The van der Waals surface area contributed by atoms with Gasteiger partial charge in [0, 0.05) is 18.5 Å². The third kappa shape index (κ3) is 3.32. The molecule has 0 saturated heterocycles. The van der Waals surface area contributed by atoms with Gasteiger partial charge in [-0.05, 0) is 24.8 Å². The first kappa shape index (κ1) is 14.0. The third-order valence-electron chi connectivity index (χ3n) is 3.05. The van der Waals surface area contributed by atoms with Crippen molar-refractivity contribution < 1.29 is 9.53 Å². The largest absolute Gasteiger partial charge is 0.383 e. The molecule has 1 amide bonds. The van der Waals surface area contributed by atoms with Crippen molar-refractivity contribution >= 4 is 22.2 Å². The monoisotopic (exact) mass is 279 g/mol. The second kappa shape index (κ2) is 6.66. The number of thiophene rings is 1. The predicted octanol–water partition coefficient (Wildman–Crippen LogP) is 1.28. The van der Waals surface area contributed by atoms with Crippen LogP contribution < -0.4 is 10.6 Å². The number of methoxy groups -OCH3 is 1. The summed E-state index contributed by atoms with van der Waals surface area (Å²) in [6.07, 6.45) is 3.09. The summed E-state index contributed by atoms with van der Waals surface area (Å²) >= 11 is 1.54. The van der Waals surface area contributed by atoms with E-state index in [1.165, 1.54) is 16.2 Å². The molecule has 0 fully saturated rings. The number of carbonyl (C=O) groups is 1. The Kier molecular flexibility index (Phi) is 4.91. The average molecular weight is 279 g/mol. The van der Waals surface area contributed by atoms with Gasteiger partial charge in [0.1, 0.15) is 11.1 Å². The normalized spacial score (nSPS) is 13.1. The van der Waals surface area contributed by atoms with Crippen molar-refractivity contribution in [3.63, 3.8) is 0 Å². The van der Waals surface area contributed by atoms with E-state index in [2.05, 4.69) is 16.7 Å². The van der Waals surface area contributed by atoms with E-state index < -0.39 is 0 Å². The van der Waals surface area contributed by atoms with Crippen LogP contribution in [0.4, 0.5) is 5.00 Å². The molecule has 2 N–H and O–H groups in total. The van der Waals surface area contributed by atoms with Gasteiger partial charge < -0.3 is 15.4 Å². The molecule has 6 heteroatoms. The van der Waals surface area contributed by atoms with Crippen LogP contribution in [-0.4, -0.2) is 32.7 Å². The van der Waals surface area contributed by atoms with E-state index in [1.54, 1.807) is 7.11 Å². The summed E-state index contributed by atoms with van der Waals surface area (Å²) in [7, 11) is 1.62. The second-order valence-corrected chi connectivity index (χ2v) is 5.50. The fourth-order valence-corrected chi connectivity index (χ4v) is 3.41. The number of nitrogens with zero attached hydrogens (tertiary/aromatic N) is 1. The lowest BCUT2D eigenvalue weighted by Gasteiger charge is -2.05. The van der Waals surface area contributed by atoms with Crippen LogP contribution in [0.2, 0.25) is 0 Å². The Morgan fingerprint density at radius 3 is 3.11 bits per heavy atom. The number of carbonyl (C=O) groups excluding carboxylic acids is 1. The van der Waals surface area contributed by atoms with Crippen LogP contribution >= 0.6 is 11.3 Å². The maximum absolute atomic E-state index is 11.8. The summed E-state index contributed by atoms with van der Waals surface area (Å²) in [6.45, 7) is 1.44. The number of rotatable bonds is 6. The highest BCUT2D eigenvalue weighted by Gasteiger charge is 2.22. The molecule has 0 atom stereocenters. The number of hydrogen-bond donors (Lipinski definition) is 2. The number of amides is 1. The van der Waals surface area contributed by atoms with Gasteiger partial charge in [0.25, 0.3) is 0 Å². The molecule has 0 saturated carbocycles. The SMILES string of the molecule is COCCNCC(=O)Nc1sc2c(c1C#N)CCC2. The van der Waals surface area contributed by atoms with E-state index in [1.807, 2.05) is 0 Å². The zero-order chi connectivity index (χ0) is 13.7. The molecule has 0 spiro atoms. The summed E-state index contributed by atoms with van der Waals surface area (Å²) in [5, 5.41) is 15.7. The number of nitrogens with one attached hydrogen (secondary N) is 2. The molecule has 0 unspecified atom stereocenters. The van der Waals surface area contributed by atoms with E-state index in [0.717, 1.165) is 24.8 Å². The summed E-state index contributed by atoms with van der Waals surface area (Å²) in [5.74, 6) is -0.118. The molecule has 1 aliphatic rings. The minimum Gasteiger partial charge on any atom is -0.383 e. The van der Waals surface area contributed by atoms with E-state index in [9.17, 15) is 10.1 Å². The van der Waals surface area contributed by atoms with Crippen LogP contribution in [0, 0.1) is 11.3 Å². The topological polar surface area (TPSA) is 74.2 Å². The molecule has 0 bridgehead atoms. The molecule has 19 heavy (non-hydrogen) atoms. The van der Waals surface area contributed by atoms with Crippen LogP contribution in [-0.2, 0) is 22.4 Å². The first-order valence-corrected chi connectivity index (χ1v) is 7.12. The van der Waals surface area contributed by atoms with Gasteiger partial charge in [-0.15, -0.1) is 11.3 Å². The standard InChI is InChI=1S/C13H17N3O2S/c1-18-6-5-15-8-12(17)16-13-10(7-14)9-3-2-4-11(9)19-13/h15H,2-6,8H2,1H3,(H,16,17). The lowest BCUT2D eigenvalue weighted by Crippen LogP contribution is -2.30. The Morgan fingerprint density at radius 1 is 1.53 bits per heavy atom. The van der Waals surface area contributed by atoms with Crippen LogP contribution in [0.1, 0.15) is 22.4 Å².